The van der Waals surface area contributed by atoms with Gasteiger partial charge in [0.15, 0.2) is 5.78 Å². The molecular weight excluding hydrogens is 575 g/mol. The van der Waals surface area contributed by atoms with Gasteiger partial charge in [-0.3, -0.25) is 9.79 Å². The van der Waals surface area contributed by atoms with Gasteiger partial charge in [0.05, 0.1) is 15.8 Å². The molecule has 0 amide bonds. The van der Waals surface area contributed by atoms with Crippen LogP contribution < -0.4 is 5.32 Å². The highest BCUT2D eigenvalue weighted by Crippen LogP contribution is 2.71. The lowest BCUT2D eigenvalue weighted by molar-refractivity contribution is -0.213. The molecule has 0 radical (unpaired) electrons. The van der Waals surface area contributed by atoms with Crippen molar-refractivity contribution in [3.63, 3.8) is 0 Å². The molecule has 1 heterocycles. The third-order valence-electron chi connectivity index (χ3n) is 9.06. The Morgan fingerprint density at radius 1 is 1.05 bits per heavy atom. The third kappa shape index (κ3) is 5.20. The summed E-state index contributed by atoms with van der Waals surface area (Å²) in [6.45, 7) is 6.05. The van der Waals surface area contributed by atoms with Crippen LogP contribution in [-0.4, -0.2) is 47.6 Å². The van der Waals surface area contributed by atoms with E-state index in [0.29, 0.717) is 30.1 Å². The zero-order chi connectivity index (χ0) is 30.1. The smallest absolute Gasteiger partial charge is 0.366 e. The largest absolute Gasteiger partial charge is 0.393 e. The fourth-order valence-electron chi connectivity index (χ4n) is 6.39. The number of sulfonamides is 1. The van der Waals surface area contributed by atoms with Crippen molar-refractivity contribution in [3.05, 3.63) is 65.2 Å². The van der Waals surface area contributed by atoms with Gasteiger partial charge in [0, 0.05) is 28.9 Å². The number of nitrogens with zero attached hydrogens (tertiary/aromatic N) is 2. The van der Waals surface area contributed by atoms with Gasteiger partial charge in [0.25, 0.3) is 0 Å². The number of ketones is 1. The SMILES string of the molecule is CC1(C)NC(C23CC(N(Cc4ccc(Cl)cc4)S(=O)(=O)c4ccccc4)(C2)C3)=N[C@H]1C(=O)CCC(C)(C)C(F)(F)F. The monoisotopic (exact) mass is 609 g/mol. The number of Topliss-reactive ketones (excluding diaryl/α,β-unsaturated/α-hetero) is 1. The second-order valence-electron chi connectivity index (χ2n) is 13.1. The number of benzene rings is 2. The Kier molecular flexibility index (Phi) is 7.19. The Bertz CT molecular complexity index is 1450. The number of halogens is 4. The minimum atomic E-state index is -4.40. The third-order valence-corrected chi connectivity index (χ3v) is 11.3. The maximum Gasteiger partial charge on any atom is 0.393 e. The maximum absolute atomic E-state index is 13.9. The van der Waals surface area contributed by atoms with Gasteiger partial charge in [0.1, 0.15) is 11.9 Å². The second kappa shape index (κ2) is 9.81. The van der Waals surface area contributed by atoms with E-state index >= 15 is 0 Å². The molecule has 6 rings (SSSR count). The van der Waals surface area contributed by atoms with Gasteiger partial charge in [-0.1, -0.05) is 55.8 Å². The second-order valence-corrected chi connectivity index (χ2v) is 15.4. The Labute approximate surface area is 244 Å². The number of hydrogen-bond acceptors (Lipinski definition) is 5. The van der Waals surface area contributed by atoms with Crippen LogP contribution in [0.5, 0.6) is 0 Å². The molecule has 4 aliphatic rings. The zero-order valence-corrected chi connectivity index (χ0v) is 25.1. The molecule has 3 fully saturated rings. The molecule has 3 saturated carbocycles. The van der Waals surface area contributed by atoms with Crippen molar-refractivity contribution in [3.8, 4) is 0 Å². The standard InChI is InChI=1S/C30H35ClF3N3O3S/c1-26(2,30(32,33)34)15-14-23(38)24-27(3,4)36-25(35-24)28-17-29(18-28,19-28)37(16-20-10-12-21(31)13-11-20)41(39,40)22-8-6-5-7-9-22/h5-13,24H,14-19H2,1-4H3,(H,35,36)/t24-,28?,29?/m0/s1. The fraction of sp³-hybridized carbons (Fsp3) is 0.533. The van der Waals surface area contributed by atoms with Crippen LogP contribution in [0.2, 0.25) is 5.02 Å². The average Bonchev–Trinajstić information content (AvgIpc) is 3.16. The molecule has 3 aliphatic carbocycles. The maximum atomic E-state index is 13.9. The topological polar surface area (TPSA) is 78.8 Å². The first-order valence-electron chi connectivity index (χ1n) is 13.7. The summed E-state index contributed by atoms with van der Waals surface area (Å²) in [5.41, 5.74) is -2.89. The van der Waals surface area contributed by atoms with Crippen molar-refractivity contribution in [2.75, 3.05) is 0 Å². The predicted octanol–water partition coefficient (Wildman–Crippen LogP) is 6.54. The van der Waals surface area contributed by atoms with E-state index in [-0.39, 0.29) is 35.5 Å². The van der Waals surface area contributed by atoms with E-state index in [4.69, 9.17) is 16.6 Å². The molecule has 222 valence electrons. The molecule has 2 aromatic rings. The average molecular weight is 610 g/mol. The number of aliphatic imine (C=N–C) groups is 1. The summed E-state index contributed by atoms with van der Waals surface area (Å²) in [6, 6.07) is 14.7. The lowest BCUT2D eigenvalue weighted by atomic mass is 9.38. The minimum absolute atomic E-state index is 0.186. The summed E-state index contributed by atoms with van der Waals surface area (Å²) in [7, 11) is -3.83. The Balaban J connectivity index is 1.35. The molecule has 0 aromatic heterocycles. The Morgan fingerprint density at radius 3 is 2.20 bits per heavy atom. The number of carbonyl (C=O) groups is 1. The summed E-state index contributed by atoms with van der Waals surface area (Å²) < 4.78 is 69.4. The summed E-state index contributed by atoms with van der Waals surface area (Å²) in [5.74, 6) is 0.327. The molecule has 2 aromatic carbocycles. The molecule has 0 unspecified atom stereocenters. The number of rotatable bonds is 10. The van der Waals surface area contributed by atoms with Crippen molar-refractivity contribution in [1.29, 1.82) is 0 Å². The van der Waals surface area contributed by atoms with Gasteiger partial charge >= 0.3 is 6.18 Å². The molecular formula is C30H35ClF3N3O3S. The summed E-state index contributed by atoms with van der Waals surface area (Å²) >= 11 is 6.05. The summed E-state index contributed by atoms with van der Waals surface area (Å²) in [4.78, 5) is 18.1. The Morgan fingerprint density at radius 2 is 1.63 bits per heavy atom. The lowest BCUT2D eigenvalue weighted by Gasteiger charge is -2.73. The normalized spacial score (nSPS) is 27.0. The van der Waals surface area contributed by atoms with Crippen LogP contribution in [-0.2, 0) is 21.4 Å². The molecule has 1 N–H and O–H groups in total. The Hall–Kier alpha value is -2.43. The van der Waals surface area contributed by atoms with Crippen LogP contribution in [0.1, 0.15) is 65.4 Å². The van der Waals surface area contributed by atoms with E-state index in [0.717, 1.165) is 19.4 Å². The van der Waals surface area contributed by atoms with E-state index in [2.05, 4.69) is 5.32 Å². The highest BCUT2D eigenvalue weighted by atomic mass is 35.5. The number of hydrogen-bond donors (Lipinski definition) is 1. The minimum Gasteiger partial charge on any atom is -0.366 e. The highest BCUT2D eigenvalue weighted by molar-refractivity contribution is 7.89. The van der Waals surface area contributed by atoms with Gasteiger partial charge in [0.2, 0.25) is 10.0 Å². The van der Waals surface area contributed by atoms with E-state index in [1.165, 1.54) is 0 Å². The van der Waals surface area contributed by atoms with Gasteiger partial charge in [-0.05, 0) is 69.4 Å². The van der Waals surface area contributed by atoms with Crippen LogP contribution in [0.3, 0.4) is 0 Å². The zero-order valence-electron chi connectivity index (χ0n) is 23.6. The first-order valence-corrected chi connectivity index (χ1v) is 15.5. The highest BCUT2D eigenvalue weighted by Gasteiger charge is 2.75. The van der Waals surface area contributed by atoms with Crippen molar-refractivity contribution in [1.82, 2.24) is 9.62 Å². The van der Waals surface area contributed by atoms with Crippen molar-refractivity contribution in [2.24, 2.45) is 15.8 Å². The molecule has 0 saturated heterocycles. The molecule has 0 spiro atoms. The predicted molar refractivity (Wildman–Crippen MR) is 152 cm³/mol. The fourth-order valence-corrected chi connectivity index (χ4v) is 8.29. The summed E-state index contributed by atoms with van der Waals surface area (Å²) in [6.07, 6.45) is -3.29. The molecule has 1 aliphatic heterocycles. The van der Waals surface area contributed by atoms with E-state index in [1.807, 2.05) is 26.0 Å². The van der Waals surface area contributed by atoms with Gasteiger partial charge in [-0.15, -0.1) is 0 Å². The molecule has 6 nitrogen and oxygen atoms in total. The van der Waals surface area contributed by atoms with E-state index in [1.54, 1.807) is 46.8 Å². The van der Waals surface area contributed by atoms with Gasteiger partial charge < -0.3 is 5.32 Å². The number of amidine groups is 1. The first kappa shape index (κ1) is 30.0. The molecule has 41 heavy (non-hydrogen) atoms. The van der Waals surface area contributed by atoms with E-state index in [9.17, 15) is 26.4 Å². The van der Waals surface area contributed by atoms with Crippen molar-refractivity contribution < 1.29 is 26.4 Å². The van der Waals surface area contributed by atoms with Crippen LogP contribution >= 0.6 is 11.6 Å². The quantitative estimate of drug-likeness (QED) is 0.332. The van der Waals surface area contributed by atoms with Crippen LogP contribution in [0.4, 0.5) is 13.2 Å². The van der Waals surface area contributed by atoms with Crippen LogP contribution in [0, 0.1) is 10.8 Å². The number of nitrogens with one attached hydrogen (secondary N) is 1. The molecule has 1 atom stereocenters. The van der Waals surface area contributed by atoms with Crippen molar-refractivity contribution >= 4 is 33.2 Å². The van der Waals surface area contributed by atoms with E-state index < -0.39 is 38.7 Å². The molecule has 2 bridgehead atoms. The van der Waals surface area contributed by atoms with Crippen LogP contribution in [0.15, 0.2) is 64.5 Å². The molecule has 11 heteroatoms. The number of carbonyl (C=O) groups excluding carboxylic acids is 1. The summed E-state index contributed by atoms with van der Waals surface area (Å²) in [5, 5.41) is 3.94. The van der Waals surface area contributed by atoms with Gasteiger partial charge in [-0.2, -0.15) is 17.5 Å². The number of alkyl halides is 3. The van der Waals surface area contributed by atoms with Gasteiger partial charge in [-0.25, -0.2) is 8.42 Å². The van der Waals surface area contributed by atoms with Crippen LogP contribution in [0.25, 0.3) is 0 Å². The lowest BCUT2D eigenvalue weighted by Crippen LogP contribution is -2.78. The van der Waals surface area contributed by atoms with Crippen molar-refractivity contribution in [2.45, 2.75) is 94.5 Å². The first-order chi connectivity index (χ1) is 18.9.